The maximum atomic E-state index is 13.2. The predicted octanol–water partition coefficient (Wildman–Crippen LogP) is 8.18. The number of likely N-dealkylation sites (N-methyl/N-ethyl adjacent to an activating group) is 1. The topological polar surface area (TPSA) is 71.0 Å². The van der Waals surface area contributed by atoms with Gasteiger partial charge in [-0.2, -0.15) is 0 Å². The zero-order valence-electron chi connectivity index (χ0n) is 25.1. The molecule has 7 heteroatoms. The number of ether oxygens (including phenoxy) is 1. The fourth-order valence-corrected chi connectivity index (χ4v) is 4.42. The summed E-state index contributed by atoms with van der Waals surface area (Å²) in [6, 6.07) is 14.2. The maximum absolute atomic E-state index is 13.2. The molecule has 42 heavy (non-hydrogen) atoms. The molecule has 0 aliphatic heterocycles. The number of allylic oxidation sites excluding steroid dienone is 8. The number of benzene rings is 2. The number of carbonyl (C=O) groups is 2. The van der Waals surface area contributed by atoms with Gasteiger partial charge >= 0.3 is 0 Å². The van der Waals surface area contributed by atoms with Gasteiger partial charge in [-0.1, -0.05) is 67.1 Å². The smallest absolute Gasteiger partial charge is 0.254 e. The average molecular weight is 584 g/mol. The minimum Gasteiger partial charge on any atom is -0.499 e. The van der Waals surface area contributed by atoms with Crippen LogP contribution in [0.5, 0.6) is 0 Å². The second kappa shape index (κ2) is 15.0. The average Bonchev–Trinajstić information content (AvgIpc) is 3.00. The van der Waals surface area contributed by atoms with Gasteiger partial charge in [0, 0.05) is 40.0 Å². The van der Waals surface area contributed by atoms with Crippen LogP contribution in [-0.2, 0) is 9.53 Å². The van der Waals surface area contributed by atoms with E-state index in [4.69, 9.17) is 16.3 Å². The van der Waals surface area contributed by atoms with E-state index >= 15 is 0 Å². The van der Waals surface area contributed by atoms with Gasteiger partial charge < -0.3 is 15.0 Å². The minimum atomic E-state index is -0.280. The van der Waals surface area contributed by atoms with Gasteiger partial charge in [0.1, 0.15) is 5.76 Å². The number of hydrogen-bond donors (Lipinski definition) is 1. The molecule has 0 saturated heterocycles. The van der Waals surface area contributed by atoms with Gasteiger partial charge in [0.2, 0.25) is 0 Å². The molecule has 0 heterocycles. The number of methoxy groups -OCH3 is 1. The molecule has 2 amide bonds. The third kappa shape index (κ3) is 8.30. The van der Waals surface area contributed by atoms with Crippen LogP contribution in [0, 0.1) is 0 Å². The molecule has 6 nitrogen and oxygen atoms in total. The molecule has 1 aliphatic carbocycles. The number of rotatable bonds is 10. The Hall–Kier alpha value is -4.42. The Labute approximate surface area is 254 Å². The van der Waals surface area contributed by atoms with E-state index < -0.39 is 0 Å². The van der Waals surface area contributed by atoms with Crippen LogP contribution in [0.2, 0.25) is 5.02 Å². The predicted molar refractivity (Wildman–Crippen MR) is 175 cm³/mol. The summed E-state index contributed by atoms with van der Waals surface area (Å²) in [5, 5.41) is 3.47. The summed E-state index contributed by atoms with van der Waals surface area (Å²) in [5.41, 5.74) is 6.48. The Morgan fingerprint density at radius 3 is 2.36 bits per heavy atom. The molecule has 0 unspecified atom stereocenters. The van der Waals surface area contributed by atoms with E-state index in [1.165, 1.54) is 5.57 Å². The molecule has 0 aromatic heterocycles. The van der Waals surface area contributed by atoms with Gasteiger partial charge in [-0.05, 0) is 75.2 Å². The number of aliphatic imine (C=N–C) groups is 1. The summed E-state index contributed by atoms with van der Waals surface area (Å²) in [6.07, 6.45) is 10.3. The SMILES string of the molecule is C=C(N=C1C=CC=C/C1=C(/C)C(=O)Nc1ccc(C(=O)N(C)C/C(=C/C(C)=C(C)CC)OC)cc1)c1ccccc1Cl. The van der Waals surface area contributed by atoms with Gasteiger partial charge in [-0.25, -0.2) is 4.99 Å². The van der Waals surface area contributed by atoms with Crippen molar-refractivity contribution in [1.29, 1.82) is 0 Å². The lowest BCUT2D eigenvalue weighted by molar-refractivity contribution is -0.112. The van der Waals surface area contributed by atoms with Crippen LogP contribution in [0.15, 0.2) is 119 Å². The number of carbonyl (C=O) groups excluding carboxylic acids is 2. The normalized spacial score (nSPS) is 15.7. The summed E-state index contributed by atoms with van der Waals surface area (Å²) in [4.78, 5) is 32.5. The Bertz CT molecular complexity index is 1540. The van der Waals surface area contributed by atoms with Crippen LogP contribution < -0.4 is 5.32 Å². The van der Waals surface area contributed by atoms with Crippen LogP contribution in [0.25, 0.3) is 5.70 Å². The van der Waals surface area contributed by atoms with Crippen LogP contribution in [0.1, 0.15) is 50.0 Å². The molecule has 0 atom stereocenters. The zero-order valence-corrected chi connectivity index (χ0v) is 25.9. The molecule has 0 saturated carbocycles. The first-order valence-electron chi connectivity index (χ1n) is 13.7. The van der Waals surface area contributed by atoms with Crippen molar-refractivity contribution in [1.82, 2.24) is 4.90 Å². The molecule has 218 valence electrons. The van der Waals surface area contributed by atoms with Crippen molar-refractivity contribution < 1.29 is 14.3 Å². The van der Waals surface area contributed by atoms with E-state index in [1.54, 1.807) is 56.3 Å². The minimum absolute atomic E-state index is 0.151. The molecule has 2 aromatic carbocycles. The van der Waals surface area contributed by atoms with Gasteiger partial charge in [-0.3, -0.25) is 9.59 Å². The standard InChI is InChI=1S/C35H38ClN3O3/c1-8-23(2)24(3)21-29(42-7)22-39(6)35(41)27-17-19-28(20-18-27)38-34(40)25(4)30-13-10-12-16-33(30)37-26(5)31-14-9-11-15-32(31)36/h9-21H,5,8,22H2,1-4,6-7H3,(H,38,40)/b24-23?,29-21-,30-25+,37-33?. The Kier molecular flexibility index (Phi) is 11.5. The highest BCUT2D eigenvalue weighted by Crippen LogP contribution is 2.26. The first-order chi connectivity index (χ1) is 20.0. The van der Waals surface area contributed by atoms with Crippen molar-refractivity contribution in [3.8, 4) is 0 Å². The maximum Gasteiger partial charge on any atom is 0.254 e. The molecule has 2 aromatic rings. The van der Waals surface area contributed by atoms with E-state index in [-0.39, 0.29) is 11.8 Å². The number of nitrogens with zero attached hydrogens (tertiary/aromatic N) is 2. The molecule has 1 aliphatic rings. The van der Waals surface area contributed by atoms with Crippen LogP contribution in [0.3, 0.4) is 0 Å². The van der Waals surface area contributed by atoms with E-state index in [9.17, 15) is 9.59 Å². The Balaban J connectivity index is 1.73. The number of anilines is 1. The number of hydrogen-bond acceptors (Lipinski definition) is 4. The van der Waals surface area contributed by atoms with Crippen LogP contribution in [0.4, 0.5) is 5.69 Å². The number of halogens is 1. The van der Waals surface area contributed by atoms with E-state index in [2.05, 4.69) is 30.7 Å². The lowest BCUT2D eigenvalue weighted by atomic mass is 9.99. The molecule has 1 N–H and O–H groups in total. The monoisotopic (exact) mass is 583 g/mol. The second-order valence-corrected chi connectivity index (χ2v) is 10.4. The molecule has 3 rings (SSSR count). The van der Waals surface area contributed by atoms with Crippen molar-refractivity contribution in [3.05, 3.63) is 130 Å². The summed E-state index contributed by atoms with van der Waals surface area (Å²) >= 11 is 6.31. The molecular weight excluding hydrogens is 546 g/mol. The molecule has 0 spiro atoms. The zero-order chi connectivity index (χ0) is 30.8. The second-order valence-electron chi connectivity index (χ2n) is 10.0. The van der Waals surface area contributed by atoms with Gasteiger partial charge in [0.15, 0.2) is 0 Å². The highest BCUT2D eigenvalue weighted by molar-refractivity contribution is 6.32. The van der Waals surface area contributed by atoms with Crippen molar-refractivity contribution in [2.24, 2.45) is 4.99 Å². The fraction of sp³-hybridized carbons (Fsp3) is 0.229. The van der Waals surface area contributed by atoms with Crippen LogP contribution in [-0.4, -0.2) is 43.1 Å². The van der Waals surface area contributed by atoms with Crippen molar-refractivity contribution >= 4 is 40.5 Å². The van der Waals surface area contributed by atoms with Crippen molar-refractivity contribution in [2.75, 3.05) is 26.0 Å². The molecule has 0 radical (unpaired) electrons. The number of amides is 2. The summed E-state index contributed by atoms with van der Waals surface area (Å²) in [7, 11) is 3.34. The molecule has 0 bridgehead atoms. The summed E-state index contributed by atoms with van der Waals surface area (Å²) in [5.74, 6) is 0.271. The summed E-state index contributed by atoms with van der Waals surface area (Å²) in [6.45, 7) is 12.4. The lowest BCUT2D eigenvalue weighted by Gasteiger charge is -2.19. The van der Waals surface area contributed by atoms with Gasteiger partial charge in [-0.15, -0.1) is 0 Å². The largest absolute Gasteiger partial charge is 0.499 e. The van der Waals surface area contributed by atoms with Crippen molar-refractivity contribution in [3.63, 3.8) is 0 Å². The third-order valence-electron chi connectivity index (χ3n) is 7.06. The first-order valence-corrected chi connectivity index (χ1v) is 14.1. The quantitative estimate of drug-likeness (QED) is 0.174. The van der Waals surface area contributed by atoms with Gasteiger partial charge in [0.25, 0.3) is 11.8 Å². The van der Waals surface area contributed by atoms with Gasteiger partial charge in [0.05, 0.1) is 25.1 Å². The van der Waals surface area contributed by atoms with Crippen molar-refractivity contribution in [2.45, 2.75) is 34.1 Å². The van der Waals surface area contributed by atoms with E-state index in [0.29, 0.717) is 51.1 Å². The Morgan fingerprint density at radius 2 is 1.71 bits per heavy atom. The molecular formula is C35H38ClN3O3. The highest BCUT2D eigenvalue weighted by Gasteiger charge is 2.17. The highest BCUT2D eigenvalue weighted by atomic mass is 35.5. The fourth-order valence-electron chi connectivity index (χ4n) is 4.17. The molecule has 0 fully saturated rings. The lowest BCUT2D eigenvalue weighted by Crippen LogP contribution is -2.29. The first kappa shape index (κ1) is 32.1. The van der Waals surface area contributed by atoms with Crippen LogP contribution >= 0.6 is 11.6 Å². The third-order valence-corrected chi connectivity index (χ3v) is 7.39. The summed E-state index contributed by atoms with van der Waals surface area (Å²) < 4.78 is 5.52. The number of nitrogens with one attached hydrogen (secondary N) is 1. The van der Waals surface area contributed by atoms with E-state index in [1.807, 2.05) is 55.5 Å². The Morgan fingerprint density at radius 1 is 1.05 bits per heavy atom. The van der Waals surface area contributed by atoms with E-state index in [0.717, 1.165) is 17.6 Å².